The Balaban J connectivity index is 0.000000360. The quantitative estimate of drug-likeness (QED) is 0.473. The van der Waals surface area contributed by atoms with Gasteiger partial charge in [0, 0.05) is 25.0 Å². The standard InChI is InChI=1S/C20H15N3OS.C2HF3O2/c1-23-20(24)17-16(8-7-14-5-3-2-4-6-14)13-25-19(17)18(22-23)15-9-11-21-12-10-15;3-2(4,5)1(6)7/h2-13H,1H3;(H,6,7)/b8-7+;. The van der Waals surface area contributed by atoms with Crippen LogP contribution < -0.4 is 5.56 Å². The van der Waals surface area contributed by atoms with Crippen molar-refractivity contribution in [3.63, 3.8) is 0 Å². The van der Waals surface area contributed by atoms with E-state index < -0.39 is 12.1 Å². The summed E-state index contributed by atoms with van der Waals surface area (Å²) in [4.78, 5) is 25.6. The molecule has 0 bridgehead atoms. The minimum Gasteiger partial charge on any atom is -0.475 e. The maximum absolute atomic E-state index is 12.7. The second-order valence-corrected chi connectivity index (χ2v) is 7.34. The van der Waals surface area contributed by atoms with Gasteiger partial charge in [0.2, 0.25) is 0 Å². The van der Waals surface area contributed by atoms with Crippen LogP contribution in [0.2, 0.25) is 0 Å². The minimum absolute atomic E-state index is 0.0817. The Morgan fingerprint density at radius 2 is 1.72 bits per heavy atom. The zero-order chi connectivity index (χ0) is 23.3. The highest BCUT2D eigenvalue weighted by atomic mass is 32.1. The number of hydrogen-bond donors (Lipinski definition) is 1. The van der Waals surface area contributed by atoms with Crippen molar-refractivity contribution in [1.82, 2.24) is 14.8 Å². The van der Waals surface area contributed by atoms with Crippen LogP contribution in [0.25, 0.3) is 33.5 Å². The molecular formula is C22H16F3N3O3S. The Labute approximate surface area is 183 Å². The number of aliphatic carboxylic acids is 1. The number of thiophene rings is 1. The summed E-state index contributed by atoms with van der Waals surface area (Å²) in [5, 5.41) is 14.3. The van der Waals surface area contributed by atoms with Gasteiger partial charge in [-0.3, -0.25) is 9.78 Å². The highest BCUT2D eigenvalue weighted by molar-refractivity contribution is 7.18. The van der Waals surface area contributed by atoms with E-state index in [-0.39, 0.29) is 5.56 Å². The maximum atomic E-state index is 12.7. The molecule has 4 aromatic rings. The summed E-state index contributed by atoms with van der Waals surface area (Å²) in [6.45, 7) is 0. The number of aromatic nitrogens is 3. The first-order valence-electron chi connectivity index (χ1n) is 9.10. The number of alkyl halides is 3. The highest BCUT2D eigenvalue weighted by Crippen LogP contribution is 2.32. The molecule has 0 fully saturated rings. The van der Waals surface area contributed by atoms with Gasteiger partial charge in [-0.2, -0.15) is 18.3 Å². The van der Waals surface area contributed by atoms with Gasteiger partial charge in [-0.25, -0.2) is 9.48 Å². The van der Waals surface area contributed by atoms with E-state index in [1.807, 2.05) is 60.0 Å². The largest absolute Gasteiger partial charge is 0.490 e. The molecule has 0 amide bonds. The van der Waals surface area contributed by atoms with Crippen molar-refractivity contribution in [3.8, 4) is 11.3 Å². The van der Waals surface area contributed by atoms with E-state index in [9.17, 15) is 18.0 Å². The summed E-state index contributed by atoms with van der Waals surface area (Å²) in [5.74, 6) is -2.76. The van der Waals surface area contributed by atoms with Crippen LogP contribution in [0.4, 0.5) is 13.2 Å². The molecule has 10 heteroatoms. The number of pyridine rings is 1. The van der Waals surface area contributed by atoms with Crippen molar-refractivity contribution in [1.29, 1.82) is 0 Å². The molecule has 1 N–H and O–H groups in total. The molecule has 0 aliphatic carbocycles. The average molecular weight is 459 g/mol. The maximum Gasteiger partial charge on any atom is 0.490 e. The van der Waals surface area contributed by atoms with Crippen molar-refractivity contribution in [3.05, 3.63) is 81.7 Å². The molecule has 0 atom stereocenters. The average Bonchev–Trinajstić information content (AvgIpc) is 3.20. The lowest BCUT2D eigenvalue weighted by atomic mass is 10.1. The van der Waals surface area contributed by atoms with E-state index >= 15 is 0 Å². The Bertz CT molecular complexity index is 1310. The number of fused-ring (bicyclic) bond motifs is 1. The van der Waals surface area contributed by atoms with Gasteiger partial charge in [0.15, 0.2) is 0 Å². The summed E-state index contributed by atoms with van der Waals surface area (Å²) in [5.41, 5.74) is 3.70. The second kappa shape index (κ2) is 9.56. The fourth-order valence-electron chi connectivity index (χ4n) is 2.74. The van der Waals surface area contributed by atoms with Gasteiger partial charge in [0.1, 0.15) is 5.69 Å². The Kier molecular flexibility index (Phi) is 6.84. The number of rotatable bonds is 3. The normalized spacial score (nSPS) is 11.4. The van der Waals surface area contributed by atoms with Gasteiger partial charge < -0.3 is 5.11 Å². The minimum atomic E-state index is -5.08. The molecule has 0 saturated heterocycles. The Morgan fingerprint density at radius 1 is 1.09 bits per heavy atom. The molecule has 0 unspecified atom stereocenters. The van der Waals surface area contributed by atoms with Crippen molar-refractivity contribution in [2.75, 3.05) is 0 Å². The monoisotopic (exact) mass is 459 g/mol. The first-order valence-corrected chi connectivity index (χ1v) is 9.98. The Hall–Kier alpha value is -3.79. The van der Waals surface area contributed by atoms with Crippen LogP contribution in [0.1, 0.15) is 11.1 Å². The summed E-state index contributed by atoms with van der Waals surface area (Å²) in [6.07, 6.45) is 2.40. The molecule has 6 nitrogen and oxygen atoms in total. The molecule has 0 aliphatic heterocycles. The van der Waals surface area contributed by atoms with Crippen molar-refractivity contribution in [2.45, 2.75) is 6.18 Å². The fraction of sp³-hybridized carbons (Fsp3) is 0.0909. The number of carbonyl (C=O) groups is 1. The van der Waals surface area contributed by atoms with Crippen molar-refractivity contribution >= 4 is 39.5 Å². The summed E-state index contributed by atoms with van der Waals surface area (Å²) < 4.78 is 34.0. The molecule has 3 aromatic heterocycles. The molecule has 0 aliphatic rings. The van der Waals surface area contributed by atoms with E-state index in [1.165, 1.54) is 4.68 Å². The van der Waals surface area contributed by atoms with Crippen LogP contribution in [0.5, 0.6) is 0 Å². The Morgan fingerprint density at radius 3 is 2.31 bits per heavy atom. The fourth-order valence-corrected chi connectivity index (χ4v) is 3.77. The van der Waals surface area contributed by atoms with Gasteiger partial charge in [-0.15, -0.1) is 11.3 Å². The molecular weight excluding hydrogens is 443 g/mol. The predicted octanol–water partition coefficient (Wildman–Crippen LogP) is 4.86. The van der Waals surface area contributed by atoms with Crippen molar-refractivity contribution < 1.29 is 23.1 Å². The van der Waals surface area contributed by atoms with Crippen LogP contribution in [0.15, 0.2) is 65.0 Å². The molecule has 0 spiro atoms. The van der Waals surface area contributed by atoms with Crippen molar-refractivity contribution in [2.24, 2.45) is 7.05 Å². The third-order valence-electron chi connectivity index (χ3n) is 4.24. The SMILES string of the molecule is Cn1nc(-c2ccncc2)c2scc(/C=C/c3ccccc3)c2c1=O.O=C(O)C(F)(F)F. The molecule has 0 radical (unpaired) electrons. The molecule has 4 rings (SSSR count). The van der Waals surface area contributed by atoms with E-state index in [0.717, 1.165) is 27.1 Å². The summed E-state index contributed by atoms with van der Waals surface area (Å²) >= 11 is 1.55. The summed E-state index contributed by atoms with van der Waals surface area (Å²) in [6, 6.07) is 13.9. The number of benzene rings is 1. The van der Waals surface area contributed by atoms with Crippen LogP contribution in [0, 0.1) is 0 Å². The van der Waals surface area contributed by atoms with Gasteiger partial charge in [0.05, 0.1) is 10.1 Å². The molecule has 3 heterocycles. The van der Waals surface area contributed by atoms with E-state index in [2.05, 4.69) is 10.1 Å². The number of carboxylic acids is 1. The lowest BCUT2D eigenvalue weighted by Gasteiger charge is -2.05. The molecule has 0 saturated carbocycles. The van der Waals surface area contributed by atoms with Crippen LogP contribution in [-0.2, 0) is 11.8 Å². The van der Waals surface area contributed by atoms with Gasteiger partial charge >= 0.3 is 12.1 Å². The predicted molar refractivity (Wildman–Crippen MR) is 117 cm³/mol. The van der Waals surface area contributed by atoms with E-state index in [4.69, 9.17) is 9.90 Å². The first kappa shape index (κ1) is 22.9. The third kappa shape index (κ3) is 5.27. The number of aryl methyl sites for hydroxylation is 1. The molecule has 164 valence electrons. The lowest BCUT2D eigenvalue weighted by Crippen LogP contribution is -2.21. The smallest absolute Gasteiger partial charge is 0.475 e. The first-order chi connectivity index (χ1) is 15.2. The summed E-state index contributed by atoms with van der Waals surface area (Å²) in [7, 11) is 1.69. The zero-order valence-corrected chi connectivity index (χ0v) is 17.4. The van der Waals surface area contributed by atoms with Gasteiger partial charge in [-0.05, 0) is 28.6 Å². The topological polar surface area (TPSA) is 85.1 Å². The van der Waals surface area contributed by atoms with Crippen LogP contribution in [0.3, 0.4) is 0 Å². The number of hydrogen-bond acceptors (Lipinski definition) is 5. The number of carboxylic acid groups (broad SMARTS) is 1. The lowest BCUT2D eigenvalue weighted by molar-refractivity contribution is -0.192. The van der Waals surface area contributed by atoms with Crippen LogP contribution in [-0.4, -0.2) is 32.0 Å². The third-order valence-corrected chi connectivity index (χ3v) is 5.25. The highest BCUT2D eigenvalue weighted by Gasteiger charge is 2.38. The van der Waals surface area contributed by atoms with E-state index in [1.54, 1.807) is 30.8 Å². The van der Waals surface area contributed by atoms with Gasteiger partial charge in [-0.1, -0.05) is 42.5 Å². The van der Waals surface area contributed by atoms with E-state index in [0.29, 0.717) is 5.39 Å². The van der Waals surface area contributed by atoms with Crippen LogP contribution >= 0.6 is 11.3 Å². The number of nitrogens with zero attached hydrogens (tertiary/aromatic N) is 3. The number of halogens is 3. The molecule has 1 aromatic carbocycles. The second-order valence-electron chi connectivity index (χ2n) is 6.46. The van der Waals surface area contributed by atoms with Gasteiger partial charge in [0.25, 0.3) is 5.56 Å². The zero-order valence-electron chi connectivity index (χ0n) is 16.6. The molecule has 32 heavy (non-hydrogen) atoms.